The van der Waals surface area contributed by atoms with Crippen LogP contribution in [0.25, 0.3) is 0 Å². The third-order valence-electron chi connectivity index (χ3n) is 4.27. The van der Waals surface area contributed by atoms with Gasteiger partial charge in [-0.1, -0.05) is 25.0 Å². The molecule has 86 valence electrons. The summed E-state index contributed by atoms with van der Waals surface area (Å²) in [5.74, 6) is 2.34. The molecule has 0 heterocycles. The molecule has 1 nitrogen and oxygen atoms in total. The van der Waals surface area contributed by atoms with E-state index >= 15 is 0 Å². The smallest absolute Gasteiger partial charge is 0.0459 e. The molecule has 0 aromatic carbocycles. The highest BCUT2D eigenvalue weighted by molar-refractivity contribution is 5.10. The van der Waals surface area contributed by atoms with Gasteiger partial charge in [0.15, 0.2) is 0 Å². The summed E-state index contributed by atoms with van der Waals surface area (Å²) >= 11 is 0. The molecule has 1 heteroatoms. The van der Waals surface area contributed by atoms with E-state index in [1.807, 2.05) is 0 Å². The van der Waals surface area contributed by atoms with E-state index < -0.39 is 0 Å². The minimum Gasteiger partial charge on any atom is -0.396 e. The molecule has 0 bridgehead atoms. The zero-order chi connectivity index (χ0) is 10.7. The lowest BCUT2D eigenvalue weighted by Gasteiger charge is -2.37. The molecule has 3 unspecified atom stereocenters. The van der Waals surface area contributed by atoms with E-state index in [0.717, 1.165) is 11.8 Å². The van der Waals surface area contributed by atoms with Crippen molar-refractivity contribution in [2.24, 2.45) is 17.8 Å². The summed E-state index contributed by atoms with van der Waals surface area (Å²) in [5.41, 5.74) is 1.71. The van der Waals surface area contributed by atoms with Crippen LogP contribution < -0.4 is 0 Å². The molecule has 0 saturated heterocycles. The van der Waals surface area contributed by atoms with Gasteiger partial charge in [-0.05, 0) is 56.3 Å². The van der Waals surface area contributed by atoms with Crippen molar-refractivity contribution < 1.29 is 5.11 Å². The quantitative estimate of drug-likeness (QED) is 0.703. The largest absolute Gasteiger partial charge is 0.396 e. The Morgan fingerprint density at radius 1 is 1.33 bits per heavy atom. The van der Waals surface area contributed by atoms with Crippen molar-refractivity contribution in [3.8, 4) is 0 Å². The van der Waals surface area contributed by atoms with Gasteiger partial charge in [-0.3, -0.25) is 0 Å². The van der Waals surface area contributed by atoms with Gasteiger partial charge in [0, 0.05) is 6.61 Å². The minimum absolute atomic E-state index is 0.411. The Bertz CT molecular complexity index is 231. The molecular formula is C14H24O. The molecule has 2 aliphatic carbocycles. The van der Waals surface area contributed by atoms with Crippen molar-refractivity contribution in [3.63, 3.8) is 0 Å². The van der Waals surface area contributed by atoms with Crippen molar-refractivity contribution in [3.05, 3.63) is 11.6 Å². The summed E-state index contributed by atoms with van der Waals surface area (Å²) in [4.78, 5) is 0. The predicted octanol–water partition coefficient (Wildman–Crippen LogP) is 3.53. The van der Waals surface area contributed by atoms with Crippen molar-refractivity contribution in [1.82, 2.24) is 0 Å². The van der Waals surface area contributed by atoms with Crippen LogP contribution in [-0.2, 0) is 0 Å². The topological polar surface area (TPSA) is 20.2 Å². The van der Waals surface area contributed by atoms with Crippen LogP contribution in [0.2, 0.25) is 0 Å². The number of aliphatic hydroxyl groups is 1. The fraction of sp³-hybridized carbons (Fsp3) is 0.857. The van der Waals surface area contributed by atoms with Crippen LogP contribution >= 0.6 is 0 Å². The molecule has 0 aromatic rings. The maximum Gasteiger partial charge on any atom is 0.0459 e. The van der Waals surface area contributed by atoms with Crippen LogP contribution in [-0.4, -0.2) is 11.7 Å². The molecule has 1 saturated carbocycles. The van der Waals surface area contributed by atoms with Crippen LogP contribution in [0.3, 0.4) is 0 Å². The van der Waals surface area contributed by atoms with Gasteiger partial charge in [-0.15, -0.1) is 0 Å². The van der Waals surface area contributed by atoms with Crippen molar-refractivity contribution in [2.75, 3.05) is 6.61 Å². The second-order valence-corrected chi connectivity index (χ2v) is 5.40. The van der Waals surface area contributed by atoms with E-state index in [1.54, 1.807) is 5.57 Å². The fourth-order valence-electron chi connectivity index (χ4n) is 3.39. The molecule has 0 spiro atoms. The molecule has 15 heavy (non-hydrogen) atoms. The number of rotatable bonds is 3. The first-order valence-corrected chi connectivity index (χ1v) is 6.64. The van der Waals surface area contributed by atoms with E-state index in [-0.39, 0.29) is 0 Å². The van der Waals surface area contributed by atoms with E-state index in [4.69, 9.17) is 0 Å². The van der Waals surface area contributed by atoms with Gasteiger partial charge in [0.25, 0.3) is 0 Å². The SMILES string of the molecule is CCCC1=CC2CCC(CO)CC2CC1. The highest BCUT2D eigenvalue weighted by Crippen LogP contribution is 2.42. The lowest BCUT2D eigenvalue weighted by Crippen LogP contribution is -2.28. The Kier molecular flexibility index (Phi) is 3.85. The normalized spacial score (nSPS) is 35.9. The lowest BCUT2D eigenvalue weighted by molar-refractivity contribution is 0.128. The Morgan fingerprint density at radius 2 is 2.20 bits per heavy atom. The molecule has 0 radical (unpaired) electrons. The van der Waals surface area contributed by atoms with Gasteiger partial charge >= 0.3 is 0 Å². The summed E-state index contributed by atoms with van der Waals surface area (Å²) in [6.45, 7) is 2.68. The first-order chi connectivity index (χ1) is 7.33. The zero-order valence-corrected chi connectivity index (χ0v) is 9.91. The minimum atomic E-state index is 0.411. The summed E-state index contributed by atoms with van der Waals surface area (Å²) in [6, 6.07) is 0. The summed E-state index contributed by atoms with van der Waals surface area (Å²) in [7, 11) is 0. The predicted molar refractivity (Wildman–Crippen MR) is 63.6 cm³/mol. The Hall–Kier alpha value is -0.300. The van der Waals surface area contributed by atoms with Crippen molar-refractivity contribution in [2.45, 2.75) is 51.9 Å². The van der Waals surface area contributed by atoms with Crippen molar-refractivity contribution >= 4 is 0 Å². The molecule has 1 N–H and O–H groups in total. The first kappa shape index (κ1) is 11.2. The average Bonchev–Trinajstić information content (AvgIpc) is 2.29. The van der Waals surface area contributed by atoms with E-state index in [0.29, 0.717) is 12.5 Å². The third kappa shape index (κ3) is 2.63. The molecule has 1 fully saturated rings. The summed E-state index contributed by atoms with van der Waals surface area (Å²) < 4.78 is 0. The van der Waals surface area contributed by atoms with Crippen molar-refractivity contribution in [1.29, 1.82) is 0 Å². The number of hydrogen-bond donors (Lipinski definition) is 1. The van der Waals surface area contributed by atoms with Crippen LogP contribution in [0.15, 0.2) is 11.6 Å². The molecule has 2 aliphatic rings. The fourth-order valence-corrected chi connectivity index (χ4v) is 3.39. The van der Waals surface area contributed by atoms with Crippen LogP contribution in [0.5, 0.6) is 0 Å². The summed E-state index contributed by atoms with van der Waals surface area (Å²) in [6.07, 6.45) is 11.7. The second kappa shape index (κ2) is 5.16. The van der Waals surface area contributed by atoms with Gasteiger partial charge in [0.2, 0.25) is 0 Å². The van der Waals surface area contributed by atoms with Gasteiger partial charge in [0.05, 0.1) is 0 Å². The van der Waals surface area contributed by atoms with Crippen LogP contribution in [0.4, 0.5) is 0 Å². The number of allylic oxidation sites excluding steroid dienone is 2. The molecule has 0 amide bonds. The van der Waals surface area contributed by atoms with Crippen LogP contribution in [0.1, 0.15) is 51.9 Å². The van der Waals surface area contributed by atoms with E-state index in [1.165, 1.54) is 44.9 Å². The van der Waals surface area contributed by atoms with Gasteiger partial charge in [-0.2, -0.15) is 0 Å². The standard InChI is InChI=1S/C14H24O/c1-2-3-11-4-6-14-9-12(10-15)5-7-13(14)8-11/h8,12-15H,2-7,9-10H2,1H3. The monoisotopic (exact) mass is 208 g/mol. The maximum absolute atomic E-state index is 9.20. The number of hydrogen-bond acceptors (Lipinski definition) is 1. The van der Waals surface area contributed by atoms with E-state index in [2.05, 4.69) is 13.0 Å². The molecule has 0 aliphatic heterocycles. The lowest BCUT2D eigenvalue weighted by atomic mass is 9.68. The number of aliphatic hydroxyl groups excluding tert-OH is 1. The third-order valence-corrected chi connectivity index (χ3v) is 4.27. The number of fused-ring (bicyclic) bond motifs is 1. The Balaban J connectivity index is 1.94. The highest BCUT2D eigenvalue weighted by Gasteiger charge is 2.31. The second-order valence-electron chi connectivity index (χ2n) is 5.40. The first-order valence-electron chi connectivity index (χ1n) is 6.64. The molecule has 2 rings (SSSR count). The summed E-state index contributed by atoms with van der Waals surface area (Å²) in [5, 5.41) is 9.20. The highest BCUT2D eigenvalue weighted by atomic mass is 16.3. The average molecular weight is 208 g/mol. The molecular weight excluding hydrogens is 184 g/mol. The van der Waals surface area contributed by atoms with E-state index in [9.17, 15) is 5.11 Å². The van der Waals surface area contributed by atoms with Gasteiger partial charge in [0.1, 0.15) is 0 Å². The zero-order valence-electron chi connectivity index (χ0n) is 9.91. The van der Waals surface area contributed by atoms with Gasteiger partial charge in [-0.25, -0.2) is 0 Å². The van der Waals surface area contributed by atoms with Gasteiger partial charge < -0.3 is 5.11 Å². The Labute approximate surface area is 93.6 Å². The maximum atomic E-state index is 9.20. The molecule has 3 atom stereocenters. The molecule has 0 aromatic heterocycles. The Morgan fingerprint density at radius 3 is 2.93 bits per heavy atom. The van der Waals surface area contributed by atoms with Crippen LogP contribution in [0, 0.1) is 17.8 Å².